The highest BCUT2D eigenvalue weighted by Crippen LogP contribution is 2.30. The first-order chi connectivity index (χ1) is 13.0. The van der Waals surface area contributed by atoms with Crippen LogP contribution in [-0.4, -0.2) is 51.8 Å². The van der Waals surface area contributed by atoms with E-state index in [2.05, 4.69) is 41.8 Å². The van der Waals surface area contributed by atoms with Crippen molar-refractivity contribution in [2.24, 2.45) is 0 Å². The fourth-order valence-corrected chi connectivity index (χ4v) is 3.89. The van der Waals surface area contributed by atoms with Gasteiger partial charge in [0.15, 0.2) is 0 Å². The first kappa shape index (κ1) is 19.8. The Bertz CT molecular complexity index is 786. The highest BCUT2D eigenvalue weighted by atomic mass is 35.5. The molecule has 1 aliphatic heterocycles. The van der Waals surface area contributed by atoms with E-state index in [0.717, 1.165) is 50.6 Å². The lowest BCUT2D eigenvalue weighted by atomic mass is 9.99. The predicted octanol–water partition coefficient (Wildman–Crippen LogP) is 4.34. The maximum atomic E-state index is 6.14. The normalized spacial score (nSPS) is 15.1. The molecule has 0 bridgehead atoms. The van der Waals surface area contributed by atoms with E-state index in [-0.39, 0.29) is 0 Å². The molecule has 0 aromatic heterocycles. The number of ether oxygens (including phenoxy) is 2. The molecule has 5 heteroatoms. The monoisotopic (exact) mass is 388 g/mol. The van der Waals surface area contributed by atoms with Crippen LogP contribution >= 0.6 is 11.6 Å². The molecule has 0 N–H and O–H groups in total. The second-order valence-corrected chi connectivity index (χ2v) is 7.48. The standard InChI is InChI=1S/C22H29ClN2O2/c1-16-17(2)21(26-3)8-5-18(16)9-10-24-11-13-25(14-12-24)19-6-7-20(23)22(15-19)27-4/h5-8,15H,9-14H2,1-4H3. The number of rotatable bonds is 6. The maximum Gasteiger partial charge on any atom is 0.139 e. The first-order valence-electron chi connectivity index (χ1n) is 9.47. The summed E-state index contributed by atoms with van der Waals surface area (Å²) < 4.78 is 10.8. The number of halogens is 1. The molecule has 1 fully saturated rings. The van der Waals surface area contributed by atoms with Gasteiger partial charge in [-0.2, -0.15) is 0 Å². The smallest absolute Gasteiger partial charge is 0.139 e. The number of piperazine rings is 1. The Balaban J connectivity index is 1.55. The van der Waals surface area contributed by atoms with Gasteiger partial charge in [0, 0.05) is 44.5 Å². The Morgan fingerprint density at radius 3 is 2.26 bits per heavy atom. The molecule has 146 valence electrons. The van der Waals surface area contributed by atoms with Crippen LogP contribution in [0.25, 0.3) is 0 Å². The van der Waals surface area contributed by atoms with Crippen molar-refractivity contribution in [2.45, 2.75) is 20.3 Å². The molecule has 0 amide bonds. The van der Waals surface area contributed by atoms with Crippen LogP contribution in [0.5, 0.6) is 11.5 Å². The Morgan fingerprint density at radius 2 is 1.59 bits per heavy atom. The van der Waals surface area contributed by atoms with Gasteiger partial charge in [-0.25, -0.2) is 0 Å². The molecule has 0 spiro atoms. The van der Waals surface area contributed by atoms with Crippen molar-refractivity contribution < 1.29 is 9.47 Å². The molecule has 1 heterocycles. The van der Waals surface area contributed by atoms with Gasteiger partial charge in [0.05, 0.1) is 19.2 Å². The van der Waals surface area contributed by atoms with Gasteiger partial charge < -0.3 is 14.4 Å². The van der Waals surface area contributed by atoms with Crippen LogP contribution in [0.3, 0.4) is 0 Å². The highest BCUT2D eigenvalue weighted by Gasteiger charge is 2.18. The van der Waals surface area contributed by atoms with E-state index in [1.807, 2.05) is 12.1 Å². The number of anilines is 1. The van der Waals surface area contributed by atoms with Crippen molar-refractivity contribution in [3.63, 3.8) is 0 Å². The van der Waals surface area contributed by atoms with Gasteiger partial charge in [-0.3, -0.25) is 4.90 Å². The van der Waals surface area contributed by atoms with Crippen LogP contribution in [0, 0.1) is 13.8 Å². The van der Waals surface area contributed by atoms with Gasteiger partial charge in [-0.15, -0.1) is 0 Å². The minimum atomic E-state index is 0.657. The zero-order chi connectivity index (χ0) is 19.4. The van der Waals surface area contributed by atoms with Crippen molar-refractivity contribution in [2.75, 3.05) is 51.8 Å². The average molecular weight is 389 g/mol. The third kappa shape index (κ3) is 4.50. The fourth-order valence-electron chi connectivity index (χ4n) is 3.70. The molecule has 0 atom stereocenters. The average Bonchev–Trinajstić information content (AvgIpc) is 2.70. The summed E-state index contributed by atoms with van der Waals surface area (Å²) >= 11 is 6.14. The van der Waals surface area contributed by atoms with Crippen molar-refractivity contribution in [1.29, 1.82) is 0 Å². The Kier molecular flexibility index (Phi) is 6.51. The molecule has 0 aliphatic carbocycles. The summed E-state index contributed by atoms with van der Waals surface area (Å²) in [6.07, 6.45) is 1.07. The second kappa shape index (κ2) is 8.85. The topological polar surface area (TPSA) is 24.9 Å². The molecular formula is C22H29ClN2O2. The third-order valence-corrected chi connectivity index (χ3v) is 5.95. The van der Waals surface area contributed by atoms with Gasteiger partial charge >= 0.3 is 0 Å². The van der Waals surface area contributed by atoms with Crippen LogP contribution in [0.4, 0.5) is 5.69 Å². The summed E-state index contributed by atoms with van der Waals surface area (Å²) in [5, 5.41) is 0.657. The molecule has 0 radical (unpaired) electrons. The SMILES string of the molecule is COc1cc(N2CCN(CCc3ccc(OC)c(C)c3C)CC2)ccc1Cl. The molecule has 3 rings (SSSR count). The fraction of sp³-hybridized carbons (Fsp3) is 0.455. The third-order valence-electron chi connectivity index (χ3n) is 5.64. The van der Waals surface area contributed by atoms with Gasteiger partial charge in [-0.1, -0.05) is 17.7 Å². The van der Waals surface area contributed by atoms with Gasteiger partial charge in [0.25, 0.3) is 0 Å². The lowest BCUT2D eigenvalue weighted by molar-refractivity contribution is 0.261. The van der Waals surface area contributed by atoms with E-state index >= 15 is 0 Å². The van der Waals surface area contributed by atoms with Crippen LogP contribution in [0.1, 0.15) is 16.7 Å². The molecule has 1 saturated heterocycles. The summed E-state index contributed by atoms with van der Waals surface area (Å²) in [5.74, 6) is 1.71. The quantitative estimate of drug-likeness (QED) is 0.735. The first-order valence-corrected chi connectivity index (χ1v) is 9.85. The summed E-state index contributed by atoms with van der Waals surface area (Å²) in [7, 11) is 3.39. The molecule has 1 aliphatic rings. The summed E-state index contributed by atoms with van der Waals surface area (Å²) in [6, 6.07) is 10.3. The lowest BCUT2D eigenvalue weighted by Gasteiger charge is -2.36. The summed E-state index contributed by atoms with van der Waals surface area (Å²) in [4.78, 5) is 4.95. The van der Waals surface area contributed by atoms with E-state index < -0.39 is 0 Å². The van der Waals surface area contributed by atoms with E-state index in [1.54, 1.807) is 14.2 Å². The molecule has 2 aromatic rings. The van der Waals surface area contributed by atoms with Crippen molar-refractivity contribution in [3.8, 4) is 11.5 Å². The van der Waals surface area contributed by atoms with Gasteiger partial charge in [0.2, 0.25) is 0 Å². The number of nitrogens with zero attached hydrogens (tertiary/aromatic N) is 2. The maximum absolute atomic E-state index is 6.14. The van der Waals surface area contributed by atoms with Crippen molar-refractivity contribution in [1.82, 2.24) is 4.90 Å². The second-order valence-electron chi connectivity index (χ2n) is 7.07. The van der Waals surface area contributed by atoms with Crippen molar-refractivity contribution >= 4 is 17.3 Å². The molecule has 2 aromatic carbocycles. The molecule has 0 saturated carbocycles. The lowest BCUT2D eigenvalue weighted by Crippen LogP contribution is -2.47. The van der Waals surface area contributed by atoms with E-state index in [0.29, 0.717) is 5.02 Å². The highest BCUT2D eigenvalue weighted by molar-refractivity contribution is 6.32. The largest absolute Gasteiger partial charge is 0.496 e. The van der Waals surface area contributed by atoms with Crippen molar-refractivity contribution in [3.05, 3.63) is 52.0 Å². The van der Waals surface area contributed by atoms with Crippen LogP contribution in [0.15, 0.2) is 30.3 Å². The molecule has 27 heavy (non-hydrogen) atoms. The van der Waals surface area contributed by atoms with E-state index in [1.165, 1.54) is 22.4 Å². The predicted molar refractivity (Wildman–Crippen MR) is 113 cm³/mol. The van der Waals surface area contributed by atoms with Crippen LogP contribution < -0.4 is 14.4 Å². The minimum absolute atomic E-state index is 0.657. The minimum Gasteiger partial charge on any atom is -0.496 e. The number of benzene rings is 2. The number of hydrogen-bond acceptors (Lipinski definition) is 4. The van der Waals surface area contributed by atoms with Gasteiger partial charge in [0.1, 0.15) is 11.5 Å². The number of hydrogen-bond donors (Lipinski definition) is 0. The Labute approximate surface area is 167 Å². The molecule has 0 unspecified atom stereocenters. The van der Waals surface area contributed by atoms with E-state index in [4.69, 9.17) is 21.1 Å². The Morgan fingerprint density at radius 1 is 0.889 bits per heavy atom. The van der Waals surface area contributed by atoms with E-state index in [9.17, 15) is 0 Å². The summed E-state index contributed by atoms with van der Waals surface area (Å²) in [5.41, 5.74) is 5.19. The van der Waals surface area contributed by atoms with Crippen LogP contribution in [-0.2, 0) is 6.42 Å². The molecular weight excluding hydrogens is 360 g/mol. The summed E-state index contributed by atoms with van der Waals surface area (Å²) in [6.45, 7) is 9.59. The number of methoxy groups -OCH3 is 2. The van der Waals surface area contributed by atoms with Gasteiger partial charge in [-0.05, 0) is 55.2 Å². The zero-order valence-electron chi connectivity index (χ0n) is 16.7. The Hall–Kier alpha value is -1.91. The van der Waals surface area contributed by atoms with Crippen LogP contribution in [0.2, 0.25) is 5.02 Å². The molecule has 4 nitrogen and oxygen atoms in total. The zero-order valence-corrected chi connectivity index (χ0v) is 17.5.